The molecule has 1 saturated heterocycles. The molecule has 0 aromatic heterocycles. The van der Waals surface area contributed by atoms with Crippen LogP contribution in [0.25, 0.3) is 0 Å². The normalized spacial score (nSPS) is 24.9. The van der Waals surface area contributed by atoms with Crippen molar-refractivity contribution >= 4 is 10.0 Å². The van der Waals surface area contributed by atoms with Gasteiger partial charge in [-0.3, -0.25) is 0 Å². The Bertz CT molecular complexity index is 329. The molecule has 1 aliphatic rings. The van der Waals surface area contributed by atoms with E-state index < -0.39 is 10.0 Å². The number of hydrogen-bond acceptors (Lipinski definition) is 3. The third-order valence-electron chi connectivity index (χ3n) is 2.52. The second-order valence-electron chi connectivity index (χ2n) is 3.92. The molecule has 4 nitrogen and oxygen atoms in total. The Morgan fingerprint density at radius 3 is 2.64 bits per heavy atom. The number of sulfonamides is 1. The maximum atomic E-state index is 11.8. The smallest absolute Gasteiger partial charge is 0.212 e. The van der Waals surface area contributed by atoms with E-state index in [9.17, 15) is 8.42 Å². The summed E-state index contributed by atoms with van der Waals surface area (Å²) in [5, 5.41) is 8.35. The van der Waals surface area contributed by atoms with Gasteiger partial charge in [0.1, 0.15) is 0 Å². The molecule has 1 unspecified atom stereocenters. The first-order valence-electron chi connectivity index (χ1n) is 4.87. The lowest BCUT2D eigenvalue weighted by Gasteiger charge is -2.30. The molecule has 0 saturated carbocycles. The fraction of sp³-hybridized carbons (Fsp3) is 0.889. The fourth-order valence-corrected chi connectivity index (χ4v) is 2.94. The Balaban J connectivity index is 2.75. The second-order valence-corrected chi connectivity index (χ2v) is 6.41. The summed E-state index contributed by atoms with van der Waals surface area (Å²) >= 11 is 0. The Hall–Kier alpha value is -0.600. The van der Waals surface area contributed by atoms with Gasteiger partial charge in [0.2, 0.25) is 10.0 Å². The predicted molar refractivity (Wildman–Crippen MR) is 54.0 cm³/mol. The summed E-state index contributed by atoms with van der Waals surface area (Å²) < 4.78 is 25.0. The molecule has 0 amide bonds. The minimum absolute atomic E-state index is 0.128. The zero-order valence-corrected chi connectivity index (χ0v) is 9.42. The van der Waals surface area contributed by atoms with Crippen molar-refractivity contribution in [3.05, 3.63) is 0 Å². The van der Waals surface area contributed by atoms with Gasteiger partial charge in [-0.05, 0) is 26.7 Å². The summed E-state index contributed by atoms with van der Waals surface area (Å²) in [5.74, 6) is -0.128. The van der Waals surface area contributed by atoms with Crippen LogP contribution < -0.4 is 0 Å². The summed E-state index contributed by atoms with van der Waals surface area (Å²) in [7, 11) is -3.16. The highest BCUT2D eigenvalue weighted by atomic mass is 32.2. The Labute approximate surface area is 85.6 Å². The molecule has 80 valence electrons. The van der Waals surface area contributed by atoms with Gasteiger partial charge < -0.3 is 0 Å². The monoisotopic (exact) mass is 216 g/mol. The Kier molecular flexibility index (Phi) is 3.51. The quantitative estimate of drug-likeness (QED) is 0.690. The van der Waals surface area contributed by atoms with Crippen LogP contribution in [0.15, 0.2) is 0 Å². The van der Waals surface area contributed by atoms with E-state index in [0.29, 0.717) is 13.1 Å². The van der Waals surface area contributed by atoms with Gasteiger partial charge in [-0.25, -0.2) is 12.7 Å². The zero-order chi connectivity index (χ0) is 10.8. The fourth-order valence-electron chi connectivity index (χ4n) is 1.58. The van der Waals surface area contributed by atoms with Crippen LogP contribution in [-0.2, 0) is 10.0 Å². The lowest BCUT2D eigenvalue weighted by molar-refractivity contribution is 0.303. The van der Waals surface area contributed by atoms with Crippen LogP contribution in [0.4, 0.5) is 0 Å². The zero-order valence-electron chi connectivity index (χ0n) is 8.60. The molecular weight excluding hydrogens is 200 g/mol. The maximum absolute atomic E-state index is 11.8. The van der Waals surface area contributed by atoms with Gasteiger partial charge in [0, 0.05) is 13.1 Å². The number of hydrogen-bond donors (Lipinski definition) is 0. The van der Waals surface area contributed by atoms with E-state index in [4.69, 9.17) is 5.26 Å². The van der Waals surface area contributed by atoms with Gasteiger partial charge in [0.25, 0.3) is 0 Å². The van der Waals surface area contributed by atoms with Crippen LogP contribution >= 0.6 is 0 Å². The van der Waals surface area contributed by atoms with Crippen LogP contribution in [0.1, 0.15) is 26.7 Å². The summed E-state index contributed by atoms with van der Waals surface area (Å²) in [6, 6.07) is 2.14. The molecule has 0 radical (unpaired) electrons. The molecule has 0 N–H and O–H groups in total. The van der Waals surface area contributed by atoms with Crippen molar-refractivity contribution < 1.29 is 8.42 Å². The molecule has 0 aromatic carbocycles. The Morgan fingerprint density at radius 1 is 1.50 bits per heavy atom. The van der Waals surface area contributed by atoms with Crippen molar-refractivity contribution in [2.24, 2.45) is 5.92 Å². The summed E-state index contributed by atoms with van der Waals surface area (Å²) in [5.41, 5.74) is 0. The minimum atomic E-state index is -3.16. The second kappa shape index (κ2) is 4.28. The van der Waals surface area contributed by atoms with Crippen molar-refractivity contribution in [1.82, 2.24) is 4.31 Å². The molecule has 1 fully saturated rings. The Morgan fingerprint density at radius 2 is 2.14 bits per heavy atom. The average molecular weight is 216 g/mol. The van der Waals surface area contributed by atoms with Crippen molar-refractivity contribution in [3.63, 3.8) is 0 Å². The largest absolute Gasteiger partial charge is 0.216 e. The van der Waals surface area contributed by atoms with E-state index >= 15 is 0 Å². The van der Waals surface area contributed by atoms with Crippen LogP contribution in [-0.4, -0.2) is 31.1 Å². The highest BCUT2D eigenvalue weighted by Gasteiger charge is 2.30. The highest BCUT2D eigenvalue weighted by Crippen LogP contribution is 2.20. The average Bonchev–Trinajstić information content (AvgIpc) is 2.17. The molecule has 0 spiro atoms. The summed E-state index contributed by atoms with van der Waals surface area (Å²) in [6.07, 6.45) is 1.62. The van der Waals surface area contributed by atoms with Crippen molar-refractivity contribution in [2.45, 2.75) is 31.9 Å². The van der Waals surface area contributed by atoms with Crippen molar-refractivity contribution in [2.75, 3.05) is 13.1 Å². The molecule has 1 aliphatic heterocycles. The predicted octanol–water partition coefficient (Wildman–Crippen LogP) is 0.960. The first-order valence-corrected chi connectivity index (χ1v) is 6.37. The molecule has 1 atom stereocenters. The van der Waals surface area contributed by atoms with Gasteiger partial charge in [0.05, 0.1) is 17.2 Å². The molecule has 0 aromatic rings. The van der Waals surface area contributed by atoms with Crippen LogP contribution in [0, 0.1) is 17.2 Å². The minimum Gasteiger partial charge on any atom is -0.212 e. The van der Waals surface area contributed by atoms with E-state index in [-0.39, 0.29) is 11.2 Å². The molecule has 5 heteroatoms. The maximum Gasteiger partial charge on any atom is 0.216 e. The van der Waals surface area contributed by atoms with Crippen LogP contribution in [0.5, 0.6) is 0 Å². The topological polar surface area (TPSA) is 61.2 Å². The molecule has 1 heterocycles. The van der Waals surface area contributed by atoms with Crippen molar-refractivity contribution in [3.8, 4) is 6.07 Å². The van der Waals surface area contributed by atoms with Gasteiger partial charge in [-0.1, -0.05) is 0 Å². The van der Waals surface area contributed by atoms with Gasteiger partial charge >= 0.3 is 0 Å². The lowest BCUT2D eigenvalue weighted by Crippen LogP contribution is -2.42. The number of nitrogens with zero attached hydrogens (tertiary/aromatic N) is 2. The van der Waals surface area contributed by atoms with Crippen LogP contribution in [0.2, 0.25) is 0 Å². The van der Waals surface area contributed by atoms with Gasteiger partial charge in [-0.2, -0.15) is 5.26 Å². The SMILES string of the molecule is CC(C)S(=O)(=O)N1CCCC(C#N)C1. The summed E-state index contributed by atoms with van der Waals surface area (Å²) in [6.45, 7) is 4.28. The number of piperidine rings is 1. The first kappa shape index (κ1) is 11.5. The molecule has 1 rings (SSSR count). The van der Waals surface area contributed by atoms with E-state index in [0.717, 1.165) is 12.8 Å². The highest BCUT2D eigenvalue weighted by molar-refractivity contribution is 7.89. The third kappa shape index (κ3) is 2.25. The third-order valence-corrected chi connectivity index (χ3v) is 4.77. The molecule has 0 aliphatic carbocycles. The van der Waals surface area contributed by atoms with Crippen molar-refractivity contribution in [1.29, 1.82) is 5.26 Å². The lowest BCUT2D eigenvalue weighted by atomic mass is 10.0. The molecule has 14 heavy (non-hydrogen) atoms. The van der Waals surface area contributed by atoms with Crippen LogP contribution in [0.3, 0.4) is 0 Å². The first-order chi connectivity index (χ1) is 6.48. The van der Waals surface area contributed by atoms with E-state index in [1.807, 2.05) is 0 Å². The van der Waals surface area contributed by atoms with E-state index in [1.165, 1.54) is 4.31 Å². The number of nitriles is 1. The molecule has 0 bridgehead atoms. The molecular formula is C9H16N2O2S. The standard InChI is InChI=1S/C9H16N2O2S/c1-8(2)14(12,13)11-5-3-4-9(6-10)7-11/h8-9H,3-5,7H2,1-2H3. The van der Waals surface area contributed by atoms with E-state index in [1.54, 1.807) is 13.8 Å². The number of rotatable bonds is 2. The van der Waals surface area contributed by atoms with Gasteiger partial charge in [-0.15, -0.1) is 0 Å². The van der Waals surface area contributed by atoms with E-state index in [2.05, 4.69) is 6.07 Å². The van der Waals surface area contributed by atoms with Gasteiger partial charge in [0.15, 0.2) is 0 Å². The summed E-state index contributed by atoms with van der Waals surface area (Å²) in [4.78, 5) is 0.